The van der Waals surface area contributed by atoms with E-state index in [-0.39, 0.29) is 4.88 Å². The Kier molecular flexibility index (Phi) is 3.77. The maximum Gasteiger partial charge on any atom is 0.348 e. The lowest BCUT2D eigenvalue weighted by molar-refractivity contribution is 0.0702. The van der Waals surface area contributed by atoms with E-state index in [1.54, 1.807) is 0 Å². The van der Waals surface area contributed by atoms with E-state index in [0.29, 0.717) is 10.7 Å². The Morgan fingerprint density at radius 1 is 1.32 bits per heavy atom. The van der Waals surface area contributed by atoms with Gasteiger partial charge in [0, 0.05) is 18.3 Å². The summed E-state index contributed by atoms with van der Waals surface area (Å²) in [4.78, 5) is 16.4. The minimum absolute atomic E-state index is 0.254. The van der Waals surface area contributed by atoms with E-state index in [9.17, 15) is 9.90 Å². The molecule has 1 aromatic carbocycles. The molecule has 6 heteroatoms. The fraction of sp³-hybridized carbons (Fsp3) is 0.188. The highest BCUT2D eigenvalue weighted by atomic mass is 32.1. The van der Waals surface area contributed by atoms with Crippen LogP contribution in [0.25, 0.3) is 21.8 Å². The van der Waals surface area contributed by atoms with Crippen molar-refractivity contribution in [3.63, 3.8) is 0 Å². The quantitative estimate of drug-likeness (QED) is 0.797. The molecule has 0 amide bonds. The molecule has 0 saturated carbocycles. The van der Waals surface area contributed by atoms with Crippen molar-refractivity contribution in [1.29, 1.82) is 0 Å². The zero-order valence-electron chi connectivity index (χ0n) is 12.3. The predicted molar refractivity (Wildman–Crippen MR) is 86.1 cm³/mol. The van der Waals surface area contributed by atoms with Crippen LogP contribution in [-0.4, -0.2) is 25.8 Å². The van der Waals surface area contributed by atoms with Gasteiger partial charge in [-0.15, -0.1) is 11.3 Å². The lowest BCUT2D eigenvalue weighted by Crippen LogP contribution is -1.95. The molecule has 112 valence electrons. The first-order valence-corrected chi connectivity index (χ1v) is 7.75. The molecule has 0 radical (unpaired) electrons. The molecule has 0 fully saturated rings. The molecule has 5 nitrogen and oxygen atoms in total. The molecule has 3 rings (SSSR count). The van der Waals surface area contributed by atoms with Crippen molar-refractivity contribution in [2.45, 2.75) is 20.4 Å². The maximum atomic E-state index is 11.5. The Hall–Kier alpha value is -2.47. The van der Waals surface area contributed by atoms with E-state index in [2.05, 4.69) is 10.1 Å². The summed E-state index contributed by atoms with van der Waals surface area (Å²) in [6.07, 6.45) is 1.91. The summed E-state index contributed by atoms with van der Waals surface area (Å²) < 4.78 is 1.83. The van der Waals surface area contributed by atoms with Gasteiger partial charge in [0.15, 0.2) is 0 Å². The summed E-state index contributed by atoms with van der Waals surface area (Å²) in [6, 6.07) is 9.38. The second-order valence-electron chi connectivity index (χ2n) is 4.85. The van der Waals surface area contributed by atoms with Gasteiger partial charge < -0.3 is 5.11 Å². The first-order valence-electron chi connectivity index (χ1n) is 6.94. The average molecular weight is 313 g/mol. The Morgan fingerprint density at radius 2 is 2.05 bits per heavy atom. The monoisotopic (exact) mass is 313 g/mol. The third kappa shape index (κ3) is 2.53. The number of aromatic carboxylic acids is 1. The number of hydrogen-bond acceptors (Lipinski definition) is 4. The van der Waals surface area contributed by atoms with Crippen molar-refractivity contribution in [3.8, 4) is 21.8 Å². The molecule has 0 unspecified atom stereocenters. The van der Waals surface area contributed by atoms with Crippen LogP contribution in [-0.2, 0) is 6.54 Å². The van der Waals surface area contributed by atoms with Crippen LogP contribution in [0.2, 0.25) is 0 Å². The van der Waals surface area contributed by atoms with Gasteiger partial charge in [0.1, 0.15) is 9.88 Å². The molecule has 3 aromatic rings. The standard InChI is InChI=1S/C16H15N3O2S/c1-3-19-9-12(10(2)18-19)15-17-13(14(22-15)16(20)21)11-7-5-4-6-8-11/h4-9H,3H2,1-2H3,(H,20,21). The number of hydrogen-bond donors (Lipinski definition) is 1. The van der Waals surface area contributed by atoms with Crippen LogP contribution < -0.4 is 0 Å². The summed E-state index contributed by atoms with van der Waals surface area (Å²) in [5, 5.41) is 14.5. The first-order chi connectivity index (χ1) is 10.6. The third-order valence-electron chi connectivity index (χ3n) is 3.37. The smallest absolute Gasteiger partial charge is 0.348 e. The molecule has 0 saturated heterocycles. The Balaban J connectivity index is 2.15. The zero-order valence-corrected chi connectivity index (χ0v) is 13.1. The zero-order chi connectivity index (χ0) is 15.7. The number of rotatable bonds is 4. The van der Waals surface area contributed by atoms with Crippen LogP contribution in [0.4, 0.5) is 0 Å². The number of nitrogens with zero attached hydrogens (tertiary/aromatic N) is 3. The highest BCUT2D eigenvalue weighted by Gasteiger charge is 2.21. The number of thiazole rings is 1. The third-order valence-corrected chi connectivity index (χ3v) is 4.45. The van der Waals surface area contributed by atoms with E-state index in [1.807, 2.05) is 55.1 Å². The lowest BCUT2D eigenvalue weighted by atomic mass is 10.1. The molecule has 2 aromatic heterocycles. The number of carboxylic acid groups (broad SMARTS) is 1. The number of carbonyl (C=O) groups is 1. The van der Waals surface area contributed by atoms with Gasteiger partial charge in [0.2, 0.25) is 0 Å². The van der Waals surface area contributed by atoms with E-state index >= 15 is 0 Å². The Bertz CT molecular complexity index is 821. The lowest BCUT2D eigenvalue weighted by Gasteiger charge is -1.97. The number of carboxylic acids is 1. The molecule has 0 atom stereocenters. The largest absolute Gasteiger partial charge is 0.477 e. The van der Waals surface area contributed by atoms with Crippen LogP contribution in [0.5, 0.6) is 0 Å². The summed E-state index contributed by atoms with van der Waals surface area (Å²) in [7, 11) is 0. The van der Waals surface area contributed by atoms with Gasteiger partial charge in [-0.25, -0.2) is 9.78 Å². The first kappa shape index (κ1) is 14.5. The van der Waals surface area contributed by atoms with E-state index in [0.717, 1.165) is 23.4 Å². The SMILES string of the molecule is CCn1cc(-c2nc(-c3ccccc3)c(C(=O)O)s2)c(C)n1. The molecule has 0 aliphatic heterocycles. The minimum Gasteiger partial charge on any atom is -0.477 e. The second kappa shape index (κ2) is 5.73. The van der Waals surface area contributed by atoms with Gasteiger partial charge in [-0.1, -0.05) is 30.3 Å². The molecule has 1 N–H and O–H groups in total. The molecule has 22 heavy (non-hydrogen) atoms. The minimum atomic E-state index is -0.955. The highest BCUT2D eigenvalue weighted by molar-refractivity contribution is 7.17. The fourth-order valence-corrected chi connectivity index (χ4v) is 3.25. The van der Waals surface area contributed by atoms with Gasteiger partial charge >= 0.3 is 5.97 Å². The normalized spacial score (nSPS) is 10.8. The topological polar surface area (TPSA) is 68.0 Å². The number of benzene rings is 1. The second-order valence-corrected chi connectivity index (χ2v) is 5.85. The van der Waals surface area contributed by atoms with Crippen molar-refractivity contribution < 1.29 is 9.90 Å². The molecule has 2 heterocycles. The average Bonchev–Trinajstić information content (AvgIpc) is 3.11. The number of aryl methyl sites for hydroxylation is 2. The van der Waals surface area contributed by atoms with Crippen LogP contribution in [0.1, 0.15) is 22.3 Å². The maximum absolute atomic E-state index is 11.5. The molecule has 0 bridgehead atoms. The molecule has 0 aliphatic rings. The predicted octanol–water partition coefficient (Wildman–Crippen LogP) is 3.70. The van der Waals surface area contributed by atoms with E-state index in [4.69, 9.17) is 0 Å². The van der Waals surface area contributed by atoms with Gasteiger partial charge in [-0.05, 0) is 13.8 Å². The van der Waals surface area contributed by atoms with E-state index in [1.165, 1.54) is 11.3 Å². The van der Waals surface area contributed by atoms with Crippen molar-refractivity contribution in [2.75, 3.05) is 0 Å². The Labute approximate surface area is 131 Å². The van der Waals surface area contributed by atoms with Crippen LogP contribution >= 0.6 is 11.3 Å². The van der Waals surface area contributed by atoms with Crippen LogP contribution in [0, 0.1) is 6.92 Å². The summed E-state index contributed by atoms with van der Waals surface area (Å²) in [5.74, 6) is -0.955. The van der Waals surface area contributed by atoms with Gasteiger partial charge in [-0.2, -0.15) is 5.10 Å². The van der Waals surface area contributed by atoms with Gasteiger partial charge in [0.05, 0.1) is 17.0 Å². The number of aromatic nitrogens is 3. The van der Waals surface area contributed by atoms with Crippen molar-refractivity contribution >= 4 is 17.3 Å². The molecular formula is C16H15N3O2S. The van der Waals surface area contributed by atoms with Crippen LogP contribution in [0.15, 0.2) is 36.5 Å². The van der Waals surface area contributed by atoms with Crippen LogP contribution in [0.3, 0.4) is 0 Å². The summed E-state index contributed by atoms with van der Waals surface area (Å²) in [5.41, 5.74) is 3.06. The Morgan fingerprint density at radius 3 is 2.64 bits per heavy atom. The molecular weight excluding hydrogens is 298 g/mol. The molecule has 0 spiro atoms. The summed E-state index contributed by atoms with van der Waals surface area (Å²) in [6.45, 7) is 4.69. The van der Waals surface area contributed by atoms with Crippen molar-refractivity contribution in [3.05, 3.63) is 47.1 Å². The highest BCUT2D eigenvalue weighted by Crippen LogP contribution is 2.34. The summed E-state index contributed by atoms with van der Waals surface area (Å²) >= 11 is 1.19. The van der Waals surface area contributed by atoms with Gasteiger partial charge in [-0.3, -0.25) is 4.68 Å². The van der Waals surface area contributed by atoms with Crippen molar-refractivity contribution in [1.82, 2.24) is 14.8 Å². The fourth-order valence-electron chi connectivity index (χ4n) is 2.26. The molecule has 0 aliphatic carbocycles. The van der Waals surface area contributed by atoms with Crippen molar-refractivity contribution in [2.24, 2.45) is 0 Å². The van der Waals surface area contributed by atoms with Gasteiger partial charge in [0.25, 0.3) is 0 Å². The van der Waals surface area contributed by atoms with E-state index < -0.39 is 5.97 Å².